The molecule has 26 heavy (non-hydrogen) atoms. The second-order valence-corrected chi connectivity index (χ2v) is 6.80. The summed E-state index contributed by atoms with van der Waals surface area (Å²) in [5.74, 6) is -3.07. The third-order valence-electron chi connectivity index (χ3n) is 5.28. The number of carbonyl (C=O) groups is 3. The SMILES string of the molecule is NC(=O)C1[C@H]2CN(c3c(F)cc(N4C[C@H](C(N)=O)OC4=O)cc3F)C[C@@H]12. The molecule has 10 heteroatoms. The van der Waals surface area contributed by atoms with E-state index in [9.17, 15) is 23.2 Å². The number of hydrogen-bond donors (Lipinski definition) is 2. The molecule has 0 bridgehead atoms. The Morgan fingerprint density at radius 3 is 2.08 bits per heavy atom. The Balaban J connectivity index is 1.54. The molecule has 138 valence electrons. The van der Waals surface area contributed by atoms with Gasteiger partial charge >= 0.3 is 6.09 Å². The molecule has 4 N–H and O–H groups in total. The van der Waals surface area contributed by atoms with Gasteiger partial charge in [-0.3, -0.25) is 14.5 Å². The van der Waals surface area contributed by atoms with Gasteiger partial charge in [0, 0.05) is 31.1 Å². The van der Waals surface area contributed by atoms with Crippen LogP contribution in [0.2, 0.25) is 0 Å². The lowest BCUT2D eigenvalue weighted by atomic mass is 10.2. The summed E-state index contributed by atoms with van der Waals surface area (Å²) in [6.45, 7) is 0.489. The van der Waals surface area contributed by atoms with Crippen molar-refractivity contribution in [3.05, 3.63) is 23.8 Å². The summed E-state index contributed by atoms with van der Waals surface area (Å²) in [7, 11) is 0. The zero-order valence-corrected chi connectivity index (χ0v) is 13.5. The monoisotopic (exact) mass is 366 g/mol. The van der Waals surface area contributed by atoms with Crippen LogP contribution in [0, 0.1) is 29.4 Å². The van der Waals surface area contributed by atoms with Crippen molar-refractivity contribution in [2.24, 2.45) is 29.2 Å². The van der Waals surface area contributed by atoms with Crippen LogP contribution in [-0.4, -0.2) is 43.6 Å². The minimum Gasteiger partial charge on any atom is -0.434 e. The lowest BCUT2D eigenvalue weighted by Gasteiger charge is -2.24. The minimum absolute atomic E-state index is 0.0239. The molecule has 4 rings (SSSR count). The van der Waals surface area contributed by atoms with Crippen LogP contribution in [0.4, 0.5) is 25.0 Å². The highest BCUT2D eigenvalue weighted by Gasteiger charge is 2.59. The number of fused-ring (bicyclic) bond motifs is 1. The normalized spacial score (nSPS) is 29.5. The van der Waals surface area contributed by atoms with E-state index in [0.717, 1.165) is 17.0 Å². The van der Waals surface area contributed by atoms with E-state index in [1.165, 1.54) is 4.90 Å². The van der Waals surface area contributed by atoms with E-state index in [1.54, 1.807) is 0 Å². The standard InChI is InChI=1S/C16H16F2N4O4/c17-9-1-6(22-5-11(14(19)23)26-16(22)25)2-10(18)13(9)21-3-7-8(4-21)12(7)15(20)24/h1-2,7-8,11-12H,3-5H2,(H2,19,23)(H2,20,24)/t7-,8+,11-,12?/m1/s1. The molecule has 2 aliphatic heterocycles. The molecule has 1 aromatic rings. The first-order valence-corrected chi connectivity index (χ1v) is 8.08. The van der Waals surface area contributed by atoms with Crippen LogP contribution >= 0.6 is 0 Å². The number of primary amides is 2. The molecule has 8 nitrogen and oxygen atoms in total. The summed E-state index contributed by atoms with van der Waals surface area (Å²) in [4.78, 5) is 36.6. The molecule has 3 amide bonds. The molecule has 1 aromatic carbocycles. The fraction of sp³-hybridized carbons (Fsp3) is 0.438. The average molecular weight is 366 g/mol. The number of halogens is 2. The second kappa shape index (κ2) is 5.55. The fourth-order valence-corrected chi connectivity index (χ4v) is 3.96. The lowest BCUT2D eigenvalue weighted by Crippen LogP contribution is -2.33. The van der Waals surface area contributed by atoms with Crippen molar-refractivity contribution < 1.29 is 27.9 Å². The van der Waals surface area contributed by atoms with Gasteiger partial charge in [-0.05, 0) is 11.8 Å². The maximum absolute atomic E-state index is 14.6. The number of nitrogens with two attached hydrogens (primary N) is 2. The van der Waals surface area contributed by atoms with Gasteiger partial charge in [-0.25, -0.2) is 13.6 Å². The van der Waals surface area contributed by atoms with Crippen LogP contribution in [-0.2, 0) is 14.3 Å². The highest BCUT2D eigenvalue weighted by atomic mass is 19.1. The number of anilines is 2. The summed E-state index contributed by atoms with van der Waals surface area (Å²) in [6, 6.07) is 2.02. The van der Waals surface area contributed by atoms with Crippen LogP contribution in [0.5, 0.6) is 0 Å². The average Bonchev–Trinajstić information content (AvgIpc) is 2.89. The van der Waals surface area contributed by atoms with Crippen molar-refractivity contribution in [3.63, 3.8) is 0 Å². The van der Waals surface area contributed by atoms with E-state index in [-0.39, 0.29) is 41.6 Å². The van der Waals surface area contributed by atoms with Crippen LogP contribution in [0.15, 0.2) is 12.1 Å². The van der Waals surface area contributed by atoms with Crippen molar-refractivity contribution in [2.45, 2.75) is 6.10 Å². The van der Waals surface area contributed by atoms with Crippen LogP contribution < -0.4 is 21.3 Å². The van der Waals surface area contributed by atoms with E-state index in [1.807, 2.05) is 0 Å². The minimum atomic E-state index is -1.16. The molecule has 0 spiro atoms. The smallest absolute Gasteiger partial charge is 0.415 e. The Bertz CT molecular complexity index is 797. The Hall–Kier alpha value is -2.91. The first kappa shape index (κ1) is 16.6. The molecule has 2 heterocycles. The lowest BCUT2D eigenvalue weighted by molar-refractivity contribution is -0.124. The van der Waals surface area contributed by atoms with Gasteiger partial charge < -0.3 is 21.1 Å². The number of ether oxygens (including phenoxy) is 1. The zero-order chi connectivity index (χ0) is 18.7. The van der Waals surface area contributed by atoms with Gasteiger partial charge in [-0.15, -0.1) is 0 Å². The maximum Gasteiger partial charge on any atom is 0.415 e. The largest absolute Gasteiger partial charge is 0.434 e. The first-order valence-electron chi connectivity index (χ1n) is 8.08. The van der Waals surface area contributed by atoms with Gasteiger partial charge in [-0.1, -0.05) is 0 Å². The summed E-state index contributed by atoms with van der Waals surface area (Å²) in [5.41, 5.74) is 10.1. The number of nitrogens with zero attached hydrogens (tertiary/aromatic N) is 2. The highest BCUT2D eigenvalue weighted by molar-refractivity contribution is 5.95. The van der Waals surface area contributed by atoms with Gasteiger partial charge in [0.2, 0.25) is 5.91 Å². The van der Waals surface area contributed by atoms with Crippen molar-refractivity contribution in [3.8, 4) is 0 Å². The molecule has 1 unspecified atom stereocenters. The highest BCUT2D eigenvalue weighted by Crippen LogP contribution is 2.53. The number of rotatable bonds is 4. The van der Waals surface area contributed by atoms with E-state index >= 15 is 0 Å². The van der Waals surface area contributed by atoms with Gasteiger partial charge in [0.05, 0.1) is 12.2 Å². The van der Waals surface area contributed by atoms with Crippen molar-refractivity contribution in [2.75, 3.05) is 29.4 Å². The molecule has 1 aliphatic carbocycles. The molecule has 2 saturated heterocycles. The van der Waals surface area contributed by atoms with Crippen LogP contribution in [0.1, 0.15) is 0 Å². The van der Waals surface area contributed by atoms with E-state index in [0.29, 0.717) is 13.1 Å². The summed E-state index contributed by atoms with van der Waals surface area (Å²) >= 11 is 0. The summed E-state index contributed by atoms with van der Waals surface area (Å²) in [5, 5.41) is 0. The van der Waals surface area contributed by atoms with Gasteiger partial charge in [0.15, 0.2) is 17.7 Å². The molecular weight excluding hydrogens is 350 g/mol. The van der Waals surface area contributed by atoms with Crippen LogP contribution in [0.3, 0.4) is 0 Å². The van der Waals surface area contributed by atoms with Gasteiger partial charge in [0.1, 0.15) is 5.69 Å². The first-order chi connectivity index (χ1) is 12.3. The van der Waals surface area contributed by atoms with Crippen molar-refractivity contribution in [1.82, 2.24) is 0 Å². The van der Waals surface area contributed by atoms with E-state index in [2.05, 4.69) is 0 Å². The van der Waals surface area contributed by atoms with E-state index in [4.69, 9.17) is 16.2 Å². The number of piperidine rings is 1. The number of carbonyl (C=O) groups excluding carboxylic acids is 3. The molecule has 1 saturated carbocycles. The fourth-order valence-electron chi connectivity index (χ4n) is 3.96. The Kier molecular flexibility index (Phi) is 3.53. The van der Waals surface area contributed by atoms with Crippen LogP contribution in [0.25, 0.3) is 0 Å². The quantitative estimate of drug-likeness (QED) is 0.774. The third-order valence-corrected chi connectivity index (χ3v) is 5.28. The zero-order valence-electron chi connectivity index (χ0n) is 13.5. The van der Waals surface area contributed by atoms with Gasteiger partial charge in [0.25, 0.3) is 5.91 Å². The summed E-state index contributed by atoms with van der Waals surface area (Å²) < 4.78 is 33.9. The van der Waals surface area contributed by atoms with Gasteiger partial charge in [-0.2, -0.15) is 0 Å². The number of hydrogen-bond acceptors (Lipinski definition) is 5. The second-order valence-electron chi connectivity index (χ2n) is 6.80. The molecule has 4 atom stereocenters. The Morgan fingerprint density at radius 1 is 1.04 bits per heavy atom. The van der Waals surface area contributed by atoms with E-state index < -0.39 is 29.7 Å². The summed E-state index contributed by atoms with van der Waals surface area (Å²) in [6.07, 6.45) is -2.06. The molecule has 0 radical (unpaired) electrons. The Labute approximate surface area is 146 Å². The number of amides is 3. The Morgan fingerprint density at radius 2 is 1.62 bits per heavy atom. The number of benzene rings is 1. The predicted octanol–water partition coefficient (Wildman–Crippen LogP) is -0.0572. The molecule has 3 aliphatic rings. The topological polar surface area (TPSA) is 119 Å². The number of cyclic esters (lactones) is 1. The molecule has 0 aromatic heterocycles. The van der Waals surface area contributed by atoms with Crippen molar-refractivity contribution >= 4 is 29.3 Å². The predicted molar refractivity (Wildman–Crippen MR) is 85.0 cm³/mol. The van der Waals surface area contributed by atoms with Crippen molar-refractivity contribution in [1.29, 1.82) is 0 Å². The maximum atomic E-state index is 14.6. The molecule has 3 fully saturated rings. The third kappa shape index (κ3) is 2.44. The molecular formula is C16H16F2N4O4.